The van der Waals surface area contributed by atoms with Gasteiger partial charge < -0.3 is 4.90 Å². The van der Waals surface area contributed by atoms with Crippen molar-refractivity contribution in [3.63, 3.8) is 0 Å². The smallest absolute Gasteiger partial charge is 0.274 e. The Bertz CT molecular complexity index is 1350. The van der Waals surface area contributed by atoms with E-state index < -0.39 is 0 Å². The van der Waals surface area contributed by atoms with E-state index in [-0.39, 0.29) is 5.56 Å². The summed E-state index contributed by atoms with van der Waals surface area (Å²) in [4.78, 5) is 23.4. The summed E-state index contributed by atoms with van der Waals surface area (Å²) in [5.74, 6) is 0.799. The first-order chi connectivity index (χ1) is 14.5. The summed E-state index contributed by atoms with van der Waals surface area (Å²) >= 11 is 6.32. The molecule has 0 aliphatic carbocycles. The van der Waals surface area contributed by atoms with Crippen LogP contribution in [0.5, 0.6) is 0 Å². The number of hydrogen-bond donors (Lipinski definition) is 0. The van der Waals surface area contributed by atoms with Crippen molar-refractivity contribution < 1.29 is 0 Å². The highest BCUT2D eigenvalue weighted by Gasteiger charge is 2.22. The van der Waals surface area contributed by atoms with Gasteiger partial charge in [-0.1, -0.05) is 23.7 Å². The maximum Gasteiger partial charge on any atom is 0.274 e. The molecule has 1 aliphatic heterocycles. The molecule has 30 heavy (non-hydrogen) atoms. The number of anilines is 1. The van der Waals surface area contributed by atoms with Crippen molar-refractivity contribution in [2.24, 2.45) is 0 Å². The van der Waals surface area contributed by atoms with Gasteiger partial charge in [-0.15, -0.1) is 5.10 Å². The average molecular weight is 418 g/mol. The molecule has 0 N–H and O–H groups in total. The Balaban J connectivity index is 1.54. The fraction of sp³-hybridized carbons (Fsp3) is 0.217. The Morgan fingerprint density at radius 3 is 2.83 bits per heavy atom. The molecule has 0 saturated heterocycles. The number of halogens is 1. The van der Waals surface area contributed by atoms with E-state index in [1.165, 1.54) is 16.8 Å². The highest BCUT2D eigenvalue weighted by molar-refractivity contribution is 6.31. The predicted octanol–water partition coefficient (Wildman–Crippen LogP) is 3.98. The number of aryl methyl sites for hydroxylation is 1. The van der Waals surface area contributed by atoms with Crippen LogP contribution in [-0.4, -0.2) is 26.1 Å². The fourth-order valence-electron chi connectivity index (χ4n) is 4.03. The number of hydrogen-bond acceptors (Lipinski definition) is 5. The lowest BCUT2D eigenvalue weighted by Crippen LogP contribution is -2.33. The summed E-state index contributed by atoms with van der Waals surface area (Å²) in [7, 11) is 0. The van der Waals surface area contributed by atoms with Crippen LogP contribution >= 0.6 is 11.6 Å². The molecule has 7 heteroatoms. The number of benzene rings is 1. The van der Waals surface area contributed by atoms with Crippen LogP contribution in [0.1, 0.15) is 22.4 Å². The van der Waals surface area contributed by atoms with E-state index >= 15 is 0 Å². The van der Waals surface area contributed by atoms with Gasteiger partial charge in [0.15, 0.2) is 11.5 Å². The molecule has 4 heterocycles. The molecule has 0 unspecified atom stereocenters. The first kappa shape index (κ1) is 18.8. The van der Waals surface area contributed by atoms with E-state index in [1.54, 1.807) is 0 Å². The van der Waals surface area contributed by atoms with Gasteiger partial charge in [-0.25, -0.2) is 4.98 Å². The van der Waals surface area contributed by atoms with Crippen LogP contribution < -0.4 is 10.5 Å². The van der Waals surface area contributed by atoms with E-state index in [9.17, 15) is 4.79 Å². The van der Waals surface area contributed by atoms with Crippen molar-refractivity contribution in [3.05, 3.63) is 86.6 Å². The van der Waals surface area contributed by atoms with Gasteiger partial charge in [0.2, 0.25) is 0 Å². The minimum absolute atomic E-state index is 0.181. The van der Waals surface area contributed by atoms with Crippen LogP contribution in [0.3, 0.4) is 0 Å². The van der Waals surface area contributed by atoms with Crippen molar-refractivity contribution in [3.8, 4) is 11.1 Å². The second kappa shape index (κ2) is 7.22. The molecule has 6 nitrogen and oxygen atoms in total. The summed E-state index contributed by atoms with van der Waals surface area (Å²) in [5.41, 5.74) is 6.83. The van der Waals surface area contributed by atoms with Crippen LogP contribution in [0.15, 0.2) is 53.6 Å². The molecule has 0 radical (unpaired) electrons. The van der Waals surface area contributed by atoms with E-state index in [0.29, 0.717) is 12.2 Å². The van der Waals surface area contributed by atoms with Crippen molar-refractivity contribution in [1.29, 1.82) is 0 Å². The topological polar surface area (TPSA) is 63.4 Å². The van der Waals surface area contributed by atoms with Crippen LogP contribution in [0.2, 0.25) is 5.02 Å². The third-order valence-corrected chi connectivity index (χ3v) is 6.07. The third-order valence-electron chi connectivity index (χ3n) is 5.66. The molecule has 150 valence electrons. The minimum Gasteiger partial charge on any atom is -0.350 e. The summed E-state index contributed by atoms with van der Waals surface area (Å²) in [6.07, 6.45) is 4.27. The standard InChI is InChI=1S/C23H20ClN5O/c1-14-10-21-25-8-6-22(30)29(21)27-23(14)28-9-7-20-17(13-28)11-16(12-26-20)18-4-3-5-19(24)15(18)2/h3-6,8,10-12H,7,9,13H2,1-2H3. The maximum absolute atomic E-state index is 12.2. The second-order valence-corrected chi connectivity index (χ2v) is 8.02. The maximum atomic E-state index is 12.2. The first-order valence-corrected chi connectivity index (χ1v) is 10.2. The highest BCUT2D eigenvalue weighted by Crippen LogP contribution is 2.31. The Morgan fingerprint density at radius 1 is 1.10 bits per heavy atom. The van der Waals surface area contributed by atoms with Crippen LogP contribution in [0.25, 0.3) is 16.8 Å². The van der Waals surface area contributed by atoms with Crippen molar-refractivity contribution >= 4 is 23.1 Å². The lowest BCUT2D eigenvalue weighted by molar-refractivity contribution is 0.685. The van der Waals surface area contributed by atoms with Crippen molar-refractivity contribution in [1.82, 2.24) is 19.6 Å². The van der Waals surface area contributed by atoms with Gasteiger partial charge >= 0.3 is 0 Å². The predicted molar refractivity (Wildman–Crippen MR) is 118 cm³/mol. The molecular weight excluding hydrogens is 398 g/mol. The molecule has 0 amide bonds. The van der Waals surface area contributed by atoms with Gasteiger partial charge in [0.1, 0.15) is 0 Å². The molecule has 0 atom stereocenters. The molecule has 0 bridgehead atoms. The zero-order valence-corrected chi connectivity index (χ0v) is 17.5. The van der Waals surface area contributed by atoms with Crippen LogP contribution in [0.4, 0.5) is 5.82 Å². The Labute approximate surface area is 178 Å². The minimum atomic E-state index is -0.181. The fourth-order valence-corrected chi connectivity index (χ4v) is 4.21. The summed E-state index contributed by atoms with van der Waals surface area (Å²) in [6.45, 7) is 5.51. The monoisotopic (exact) mass is 417 g/mol. The summed E-state index contributed by atoms with van der Waals surface area (Å²) in [6, 6.07) is 11.5. The number of pyridine rings is 1. The quantitative estimate of drug-likeness (QED) is 0.493. The van der Waals surface area contributed by atoms with Crippen molar-refractivity contribution in [2.75, 3.05) is 11.4 Å². The second-order valence-electron chi connectivity index (χ2n) is 7.62. The Kier molecular flexibility index (Phi) is 4.51. The Morgan fingerprint density at radius 2 is 1.97 bits per heavy atom. The van der Waals surface area contributed by atoms with Gasteiger partial charge in [0, 0.05) is 54.3 Å². The molecule has 3 aromatic heterocycles. The summed E-state index contributed by atoms with van der Waals surface area (Å²) in [5, 5.41) is 5.36. The van der Waals surface area contributed by atoms with Gasteiger partial charge in [-0.2, -0.15) is 4.52 Å². The van der Waals surface area contributed by atoms with Gasteiger partial charge in [-0.05, 0) is 54.3 Å². The van der Waals surface area contributed by atoms with Gasteiger partial charge in [-0.3, -0.25) is 9.78 Å². The number of fused-ring (bicyclic) bond motifs is 2. The zero-order chi connectivity index (χ0) is 20.8. The highest BCUT2D eigenvalue weighted by atomic mass is 35.5. The van der Waals surface area contributed by atoms with Gasteiger partial charge in [0.25, 0.3) is 5.56 Å². The number of nitrogens with zero attached hydrogens (tertiary/aromatic N) is 5. The van der Waals surface area contributed by atoms with E-state index in [2.05, 4.69) is 27.1 Å². The molecular formula is C23H20ClN5O. The van der Waals surface area contributed by atoms with Crippen LogP contribution in [0, 0.1) is 13.8 Å². The van der Waals surface area contributed by atoms with Gasteiger partial charge in [0.05, 0.1) is 0 Å². The molecule has 1 aliphatic rings. The zero-order valence-electron chi connectivity index (χ0n) is 16.8. The van der Waals surface area contributed by atoms with E-state index in [1.807, 2.05) is 38.2 Å². The molecule has 4 aromatic rings. The lowest BCUT2D eigenvalue weighted by Gasteiger charge is -2.30. The largest absolute Gasteiger partial charge is 0.350 e. The van der Waals surface area contributed by atoms with Crippen LogP contribution in [-0.2, 0) is 13.0 Å². The third kappa shape index (κ3) is 3.13. The van der Waals surface area contributed by atoms with E-state index in [4.69, 9.17) is 16.6 Å². The summed E-state index contributed by atoms with van der Waals surface area (Å²) < 4.78 is 1.36. The molecule has 0 fully saturated rings. The average Bonchev–Trinajstić information content (AvgIpc) is 2.75. The molecule has 5 rings (SSSR count). The number of aromatic nitrogens is 4. The number of rotatable bonds is 2. The first-order valence-electron chi connectivity index (χ1n) is 9.85. The molecule has 0 spiro atoms. The van der Waals surface area contributed by atoms with E-state index in [0.717, 1.165) is 57.3 Å². The normalized spacial score (nSPS) is 13.5. The molecule has 0 saturated carbocycles. The Hall–Kier alpha value is -3.25. The lowest BCUT2D eigenvalue weighted by atomic mass is 9.97. The van der Waals surface area contributed by atoms with Crippen molar-refractivity contribution in [2.45, 2.75) is 26.8 Å². The molecule has 1 aromatic carbocycles. The SMILES string of the molecule is Cc1cc2nccc(=O)n2nc1N1CCc2ncc(-c3cccc(Cl)c3C)cc2C1.